The molecule has 0 bridgehead atoms. The Bertz CT molecular complexity index is 524. The number of hydrogen-bond acceptors (Lipinski definition) is 4. The van der Waals surface area contributed by atoms with Crippen LogP contribution in [-0.4, -0.2) is 26.2 Å². The number of esters is 1. The number of terminal acetylenes is 1. The van der Waals surface area contributed by atoms with Crippen molar-refractivity contribution in [3.63, 3.8) is 0 Å². The van der Waals surface area contributed by atoms with Crippen molar-refractivity contribution < 1.29 is 18.7 Å². The van der Waals surface area contributed by atoms with E-state index in [1.165, 1.54) is 19.2 Å². The summed E-state index contributed by atoms with van der Waals surface area (Å²) in [6.07, 6.45) is 5.20. The fourth-order valence-corrected chi connectivity index (χ4v) is 1.77. The fourth-order valence-electron chi connectivity index (χ4n) is 1.77. The van der Waals surface area contributed by atoms with Gasteiger partial charge in [-0.05, 0) is 31.5 Å². The zero-order chi connectivity index (χ0) is 15.2. The van der Waals surface area contributed by atoms with Gasteiger partial charge in [0.1, 0.15) is 5.54 Å². The molecule has 0 amide bonds. The SMILES string of the molecule is C#CCNC(C)(C(=O)OCC)c1ccc(OC)c(F)c1. The zero-order valence-electron chi connectivity index (χ0n) is 11.8. The van der Waals surface area contributed by atoms with Gasteiger partial charge in [0, 0.05) is 0 Å². The van der Waals surface area contributed by atoms with Crippen LogP contribution in [0.25, 0.3) is 0 Å². The predicted octanol–water partition coefficient (Wildman–Crippen LogP) is 1.84. The summed E-state index contributed by atoms with van der Waals surface area (Å²) in [6, 6.07) is 4.29. The molecule has 0 aliphatic rings. The van der Waals surface area contributed by atoms with Crippen molar-refractivity contribution in [1.29, 1.82) is 0 Å². The van der Waals surface area contributed by atoms with E-state index in [-0.39, 0.29) is 18.9 Å². The maximum Gasteiger partial charge on any atom is 0.330 e. The highest BCUT2D eigenvalue weighted by Gasteiger charge is 2.36. The van der Waals surface area contributed by atoms with Crippen LogP contribution in [0.5, 0.6) is 5.75 Å². The summed E-state index contributed by atoms with van der Waals surface area (Å²) in [5.41, 5.74) is -0.792. The minimum Gasteiger partial charge on any atom is -0.494 e. The Labute approximate surface area is 118 Å². The van der Waals surface area contributed by atoms with Crippen LogP contribution in [0.1, 0.15) is 19.4 Å². The summed E-state index contributed by atoms with van der Waals surface area (Å²) in [4.78, 5) is 12.1. The lowest BCUT2D eigenvalue weighted by molar-refractivity contribution is -0.150. The minimum absolute atomic E-state index is 0.108. The monoisotopic (exact) mass is 279 g/mol. The van der Waals surface area contributed by atoms with E-state index in [1.54, 1.807) is 19.9 Å². The van der Waals surface area contributed by atoms with E-state index in [1.807, 2.05) is 0 Å². The van der Waals surface area contributed by atoms with Crippen molar-refractivity contribution in [2.45, 2.75) is 19.4 Å². The molecule has 0 saturated carbocycles. The molecule has 0 aliphatic heterocycles. The van der Waals surface area contributed by atoms with E-state index in [2.05, 4.69) is 11.2 Å². The molecule has 108 valence electrons. The number of ether oxygens (including phenoxy) is 2. The number of halogens is 1. The van der Waals surface area contributed by atoms with Crippen molar-refractivity contribution in [2.24, 2.45) is 0 Å². The molecular formula is C15H18FNO3. The van der Waals surface area contributed by atoms with Gasteiger partial charge in [0.25, 0.3) is 0 Å². The lowest BCUT2D eigenvalue weighted by atomic mass is 9.91. The van der Waals surface area contributed by atoms with E-state index in [0.717, 1.165) is 0 Å². The molecule has 0 radical (unpaired) electrons. The van der Waals surface area contributed by atoms with Gasteiger partial charge < -0.3 is 9.47 Å². The number of nitrogens with one attached hydrogen (secondary N) is 1. The van der Waals surface area contributed by atoms with Crippen molar-refractivity contribution in [2.75, 3.05) is 20.3 Å². The lowest BCUT2D eigenvalue weighted by Gasteiger charge is -2.28. The smallest absolute Gasteiger partial charge is 0.330 e. The van der Waals surface area contributed by atoms with Crippen LogP contribution in [0.4, 0.5) is 4.39 Å². The number of hydrogen-bond donors (Lipinski definition) is 1. The second-order valence-corrected chi connectivity index (χ2v) is 4.25. The molecule has 0 aliphatic carbocycles. The molecular weight excluding hydrogens is 261 g/mol. The molecule has 1 rings (SSSR count). The maximum absolute atomic E-state index is 13.8. The Kier molecular flexibility index (Phi) is 5.53. The average molecular weight is 279 g/mol. The third kappa shape index (κ3) is 3.28. The summed E-state index contributed by atoms with van der Waals surface area (Å²) < 4.78 is 23.7. The van der Waals surface area contributed by atoms with Crippen molar-refractivity contribution in [3.05, 3.63) is 29.6 Å². The van der Waals surface area contributed by atoms with Gasteiger partial charge in [0.05, 0.1) is 20.3 Å². The van der Waals surface area contributed by atoms with Gasteiger partial charge in [-0.25, -0.2) is 9.18 Å². The number of carbonyl (C=O) groups is 1. The first-order valence-corrected chi connectivity index (χ1v) is 6.19. The normalized spacial score (nSPS) is 13.2. The lowest BCUT2D eigenvalue weighted by Crippen LogP contribution is -2.48. The van der Waals surface area contributed by atoms with Gasteiger partial charge in [0.2, 0.25) is 0 Å². The fraction of sp³-hybridized carbons (Fsp3) is 0.400. The zero-order valence-corrected chi connectivity index (χ0v) is 11.8. The molecule has 1 aromatic rings. The van der Waals surface area contributed by atoms with E-state index < -0.39 is 17.3 Å². The van der Waals surface area contributed by atoms with E-state index in [9.17, 15) is 9.18 Å². The first kappa shape index (κ1) is 16.0. The molecule has 5 heteroatoms. The van der Waals surface area contributed by atoms with Crippen LogP contribution in [0.15, 0.2) is 18.2 Å². The van der Waals surface area contributed by atoms with E-state index in [0.29, 0.717) is 5.56 Å². The summed E-state index contributed by atoms with van der Waals surface area (Å²) in [5.74, 6) is 1.43. The van der Waals surface area contributed by atoms with Crippen molar-refractivity contribution in [1.82, 2.24) is 5.32 Å². The largest absolute Gasteiger partial charge is 0.494 e. The quantitative estimate of drug-likeness (QED) is 0.637. The van der Waals surface area contributed by atoms with Gasteiger partial charge in [0.15, 0.2) is 11.6 Å². The van der Waals surface area contributed by atoms with Gasteiger partial charge in [-0.15, -0.1) is 6.42 Å². The number of rotatable bonds is 6. The highest BCUT2D eigenvalue weighted by Crippen LogP contribution is 2.27. The summed E-state index contributed by atoms with van der Waals surface area (Å²) in [7, 11) is 1.37. The Balaban J connectivity index is 3.19. The second-order valence-electron chi connectivity index (χ2n) is 4.25. The Morgan fingerprint density at radius 2 is 2.25 bits per heavy atom. The van der Waals surface area contributed by atoms with E-state index in [4.69, 9.17) is 15.9 Å². The third-order valence-corrected chi connectivity index (χ3v) is 2.96. The molecule has 4 nitrogen and oxygen atoms in total. The maximum atomic E-state index is 13.8. The van der Waals surface area contributed by atoms with Crippen molar-refractivity contribution >= 4 is 5.97 Å². The summed E-state index contributed by atoms with van der Waals surface area (Å²) in [5, 5.41) is 2.89. The van der Waals surface area contributed by atoms with Gasteiger partial charge >= 0.3 is 5.97 Å². The summed E-state index contributed by atoms with van der Waals surface area (Å²) in [6.45, 7) is 3.69. The topological polar surface area (TPSA) is 47.6 Å². The first-order chi connectivity index (χ1) is 9.49. The Morgan fingerprint density at radius 3 is 2.75 bits per heavy atom. The van der Waals surface area contributed by atoms with Gasteiger partial charge in [-0.3, -0.25) is 5.32 Å². The molecule has 0 fully saturated rings. The van der Waals surface area contributed by atoms with Gasteiger partial charge in [-0.2, -0.15) is 0 Å². The van der Waals surface area contributed by atoms with E-state index >= 15 is 0 Å². The van der Waals surface area contributed by atoms with Crippen LogP contribution in [0.2, 0.25) is 0 Å². The molecule has 0 aromatic heterocycles. The van der Waals surface area contributed by atoms with Crippen LogP contribution >= 0.6 is 0 Å². The first-order valence-electron chi connectivity index (χ1n) is 6.19. The second kappa shape index (κ2) is 6.92. The summed E-state index contributed by atoms with van der Waals surface area (Å²) >= 11 is 0. The van der Waals surface area contributed by atoms with Crippen LogP contribution < -0.4 is 10.1 Å². The van der Waals surface area contributed by atoms with Crippen LogP contribution in [0, 0.1) is 18.2 Å². The van der Waals surface area contributed by atoms with Crippen LogP contribution in [0.3, 0.4) is 0 Å². The Morgan fingerprint density at radius 1 is 1.55 bits per heavy atom. The standard InChI is InChI=1S/C15H18FNO3/c1-5-9-17-15(3,14(18)20-6-2)11-7-8-13(19-4)12(16)10-11/h1,7-8,10,17H,6,9H2,2-4H3. The molecule has 1 aromatic carbocycles. The molecule has 0 saturated heterocycles. The molecule has 1 unspecified atom stereocenters. The highest BCUT2D eigenvalue weighted by atomic mass is 19.1. The highest BCUT2D eigenvalue weighted by molar-refractivity contribution is 5.82. The molecule has 0 spiro atoms. The number of benzene rings is 1. The molecule has 0 heterocycles. The predicted molar refractivity (Wildman–Crippen MR) is 73.8 cm³/mol. The molecule has 1 N–H and O–H groups in total. The molecule has 1 atom stereocenters. The number of methoxy groups -OCH3 is 1. The van der Waals surface area contributed by atoms with Crippen LogP contribution in [-0.2, 0) is 15.1 Å². The molecule has 20 heavy (non-hydrogen) atoms. The number of carbonyl (C=O) groups excluding carboxylic acids is 1. The Hall–Kier alpha value is -2.06. The third-order valence-electron chi connectivity index (χ3n) is 2.96. The van der Waals surface area contributed by atoms with Gasteiger partial charge in [-0.1, -0.05) is 12.0 Å². The average Bonchev–Trinajstić information content (AvgIpc) is 2.44. The van der Waals surface area contributed by atoms with Crippen molar-refractivity contribution in [3.8, 4) is 18.1 Å². The minimum atomic E-state index is -1.21.